The molecule has 1 heterocycles. The summed E-state index contributed by atoms with van der Waals surface area (Å²) in [6, 6.07) is 9.56. The maximum Gasteiger partial charge on any atom is 0.342 e. The Bertz CT molecular complexity index is 1130. The van der Waals surface area contributed by atoms with Crippen molar-refractivity contribution in [1.82, 2.24) is 10.2 Å². The Kier molecular flexibility index (Phi) is 7.58. The van der Waals surface area contributed by atoms with Gasteiger partial charge < -0.3 is 19.0 Å². The average Bonchev–Trinajstić information content (AvgIpc) is 3.20. The van der Waals surface area contributed by atoms with E-state index in [-0.39, 0.29) is 10.1 Å². The Labute approximate surface area is 191 Å². The summed E-state index contributed by atoms with van der Waals surface area (Å²) in [5, 5.41) is 17.5. The van der Waals surface area contributed by atoms with Crippen LogP contribution in [0, 0.1) is 20.8 Å². The lowest BCUT2D eigenvalue weighted by Gasteiger charge is -2.15. The van der Waals surface area contributed by atoms with E-state index in [1.54, 1.807) is 25.3 Å². The molecule has 2 aromatic carbocycles. The van der Waals surface area contributed by atoms with Crippen molar-refractivity contribution >= 4 is 23.8 Å². The van der Waals surface area contributed by atoms with Crippen molar-refractivity contribution in [3.63, 3.8) is 0 Å². The predicted octanol–water partition coefficient (Wildman–Crippen LogP) is 5.36. The Morgan fingerprint density at radius 3 is 2.44 bits per heavy atom. The number of rotatable bonds is 9. The van der Waals surface area contributed by atoms with Gasteiger partial charge in [-0.1, -0.05) is 30.7 Å². The molecule has 0 atom stereocenters. The third kappa shape index (κ3) is 5.70. The van der Waals surface area contributed by atoms with E-state index in [4.69, 9.17) is 13.9 Å². The molecule has 0 fully saturated rings. The zero-order valence-corrected chi connectivity index (χ0v) is 19.6. The minimum Gasteiger partial charge on any atom is -0.493 e. The Morgan fingerprint density at radius 1 is 1.12 bits per heavy atom. The van der Waals surface area contributed by atoms with E-state index >= 15 is 0 Å². The third-order valence-corrected chi connectivity index (χ3v) is 5.71. The first-order valence-electron chi connectivity index (χ1n) is 10.1. The number of hydrogen-bond donors (Lipinski definition) is 1. The first kappa shape index (κ1) is 23.4. The fourth-order valence-corrected chi connectivity index (χ4v) is 3.97. The average molecular weight is 455 g/mol. The van der Waals surface area contributed by atoms with Gasteiger partial charge in [-0.2, -0.15) is 0 Å². The van der Waals surface area contributed by atoms with Crippen molar-refractivity contribution in [2.45, 2.75) is 45.9 Å². The number of aryl methyl sites for hydroxylation is 4. The molecule has 0 saturated carbocycles. The van der Waals surface area contributed by atoms with Crippen LogP contribution in [0.15, 0.2) is 44.9 Å². The van der Waals surface area contributed by atoms with E-state index < -0.39 is 5.97 Å². The topological polar surface area (TPSA) is 94.7 Å². The zero-order valence-electron chi connectivity index (χ0n) is 18.8. The molecule has 0 aliphatic rings. The van der Waals surface area contributed by atoms with E-state index in [1.807, 2.05) is 6.92 Å². The van der Waals surface area contributed by atoms with Crippen molar-refractivity contribution in [2.24, 2.45) is 0 Å². The number of carboxylic acid groups (broad SMARTS) is 1. The smallest absolute Gasteiger partial charge is 0.342 e. The number of benzene rings is 2. The molecule has 3 aromatic rings. The molecule has 0 aliphatic carbocycles. The summed E-state index contributed by atoms with van der Waals surface area (Å²) < 4.78 is 16.9. The number of hydrogen-bond acceptors (Lipinski definition) is 7. The van der Waals surface area contributed by atoms with Gasteiger partial charge in [-0.05, 0) is 73.0 Å². The Hall–Kier alpha value is -3.26. The molecule has 0 spiro atoms. The molecular formula is C24H26N2O5S. The van der Waals surface area contributed by atoms with Gasteiger partial charge in [0.2, 0.25) is 5.89 Å². The highest BCUT2D eigenvalue weighted by molar-refractivity contribution is 8.03. The highest BCUT2D eigenvalue weighted by Crippen LogP contribution is 2.33. The van der Waals surface area contributed by atoms with Crippen LogP contribution in [0.3, 0.4) is 0 Å². The summed E-state index contributed by atoms with van der Waals surface area (Å²) in [5.74, 6) is 0.468. The monoisotopic (exact) mass is 454 g/mol. The molecule has 168 valence electrons. The largest absolute Gasteiger partial charge is 0.493 e. The Balaban J connectivity index is 1.81. The van der Waals surface area contributed by atoms with Gasteiger partial charge in [-0.15, -0.1) is 10.2 Å². The molecular weight excluding hydrogens is 428 g/mol. The van der Waals surface area contributed by atoms with Crippen LogP contribution in [0.4, 0.5) is 0 Å². The van der Waals surface area contributed by atoms with Crippen LogP contribution < -0.4 is 9.47 Å². The molecule has 0 unspecified atom stereocenters. The van der Waals surface area contributed by atoms with Crippen LogP contribution in [0.25, 0.3) is 6.08 Å². The van der Waals surface area contributed by atoms with Gasteiger partial charge in [-0.3, -0.25) is 0 Å². The molecule has 0 bridgehead atoms. The van der Waals surface area contributed by atoms with Crippen molar-refractivity contribution < 1.29 is 23.8 Å². The summed E-state index contributed by atoms with van der Waals surface area (Å²) in [4.78, 5) is 11.8. The van der Waals surface area contributed by atoms with E-state index in [9.17, 15) is 9.90 Å². The molecule has 0 radical (unpaired) electrons. The van der Waals surface area contributed by atoms with Gasteiger partial charge in [0.05, 0.1) is 7.11 Å². The van der Waals surface area contributed by atoms with Crippen LogP contribution in [0.2, 0.25) is 0 Å². The Morgan fingerprint density at radius 2 is 1.84 bits per heavy atom. The normalized spacial score (nSPS) is 11.5. The van der Waals surface area contributed by atoms with Gasteiger partial charge >= 0.3 is 5.97 Å². The third-order valence-electron chi connectivity index (χ3n) is 4.86. The molecule has 1 aromatic heterocycles. The SMILES string of the molecule is CCc1nnc(S/C(=C\c2ccc(OCc3c(C)cc(C)cc3C)c(OC)c2)C(=O)O)o1. The van der Waals surface area contributed by atoms with Crippen LogP contribution in [-0.2, 0) is 17.8 Å². The highest BCUT2D eigenvalue weighted by atomic mass is 32.2. The van der Waals surface area contributed by atoms with Crippen LogP contribution in [-0.4, -0.2) is 28.4 Å². The fourth-order valence-electron chi connectivity index (χ4n) is 3.28. The summed E-state index contributed by atoms with van der Waals surface area (Å²) in [6.07, 6.45) is 2.11. The van der Waals surface area contributed by atoms with Crippen LogP contribution >= 0.6 is 11.8 Å². The van der Waals surface area contributed by atoms with Crippen molar-refractivity contribution in [3.05, 3.63) is 68.9 Å². The van der Waals surface area contributed by atoms with Gasteiger partial charge in [0.1, 0.15) is 11.5 Å². The molecule has 8 heteroatoms. The molecule has 3 rings (SSSR count). The van der Waals surface area contributed by atoms with Gasteiger partial charge in [0, 0.05) is 6.42 Å². The van der Waals surface area contributed by atoms with Gasteiger partial charge in [0.15, 0.2) is 11.5 Å². The number of aliphatic carboxylic acids is 1. The fraction of sp³-hybridized carbons (Fsp3) is 0.292. The number of ether oxygens (including phenoxy) is 2. The number of thioether (sulfide) groups is 1. The van der Waals surface area contributed by atoms with Gasteiger partial charge in [-0.25, -0.2) is 4.79 Å². The first-order valence-corrected chi connectivity index (χ1v) is 10.9. The maximum atomic E-state index is 11.7. The minimum atomic E-state index is -1.09. The molecule has 7 nitrogen and oxygen atoms in total. The quantitative estimate of drug-likeness (QED) is 0.341. The number of carboxylic acids is 1. The number of nitrogens with zero attached hydrogens (tertiary/aromatic N) is 2. The van der Waals surface area contributed by atoms with E-state index in [2.05, 4.69) is 43.1 Å². The maximum absolute atomic E-state index is 11.7. The second kappa shape index (κ2) is 10.4. The molecule has 0 saturated heterocycles. The summed E-state index contributed by atoms with van der Waals surface area (Å²) >= 11 is 0.907. The van der Waals surface area contributed by atoms with E-state index in [0.717, 1.165) is 17.3 Å². The van der Waals surface area contributed by atoms with Crippen LogP contribution in [0.5, 0.6) is 11.5 Å². The predicted molar refractivity (Wildman–Crippen MR) is 123 cm³/mol. The van der Waals surface area contributed by atoms with Crippen molar-refractivity contribution in [3.8, 4) is 11.5 Å². The van der Waals surface area contributed by atoms with Crippen molar-refractivity contribution in [1.29, 1.82) is 0 Å². The summed E-state index contributed by atoms with van der Waals surface area (Å²) in [6.45, 7) is 8.51. The first-order chi connectivity index (χ1) is 15.3. The zero-order chi connectivity index (χ0) is 23.3. The lowest BCUT2D eigenvalue weighted by Crippen LogP contribution is -2.03. The molecule has 0 aliphatic heterocycles. The van der Waals surface area contributed by atoms with Crippen molar-refractivity contribution in [2.75, 3.05) is 7.11 Å². The van der Waals surface area contributed by atoms with Gasteiger partial charge in [0.25, 0.3) is 5.22 Å². The lowest BCUT2D eigenvalue weighted by molar-refractivity contribution is -0.131. The minimum absolute atomic E-state index is 0.0536. The standard InChI is InChI=1S/C24H26N2O5S/c1-6-22-25-26-24(31-22)32-21(23(27)28)12-17-7-8-19(20(11-17)29-5)30-13-18-15(3)9-14(2)10-16(18)4/h7-12H,6,13H2,1-5H3,(H,27,28)/b21-12-. The number of aromatic nitrogens is 2. The molecule has 32 heavy (non-hydrogen) atoms. The van der Waals surface area contributed by atoms with E-state index in [1.165, 1.54) is 22.8 Å². The molecule has 0 amide bonds. The second-order valence-electron chi connectivity index (χ2n) is 7.31. The summed E-state index contributed by atoms with van der Waals surface area (Å²) in [7, 11) is 1.55. The van der Waals surface area contributed by atoms with Crippen LogP contribution in [0.1, 0.15) is 40.6 Å². The second-order valence-corrected chi connectivity index (χ2v) is 8.30. The highest BCUT2D eigenvalue weighted by Gasteiger charge is 2.16. The number of methoxy groups -OCH3 is 1. The lowest BCUT2D eigenvalue weighted by atomic mass is 10.0. The molecule has 1 N–H and O–H groups in total. The summed E-state index contributed by atoms with van der Waals surface area (Å²) in [5.41, 5.74) is 5.36. The number of carbonyl (C=O) groups is 1. The van der Waals surface area contributed by atoms with E-state index in [0.29, 0.717) is 36.0 Å².